The van der Waals surface area contributed by atoms with Crippen LogP contribution in [-0.2, 0) is 6.61 Å². The minimum absolute atomic E-state index is 0.109. The summed E-state index contributed by atoms with van der Waals surface area (Å²) < 4.78 is 5.71. The summed E-state index contributed by atoms with van der Waals surface area (Å²) in [6.07, 6.45) is 0. The third kappa shape index (κ3) is 4.41. The van der Waals surface area contributed by atoms with Gasteiger partial charge in [-0.1, -0.05) is 35.9 Å². The standard InChI is InChI=1S/C20H18ClNO2S/c1-13-7-8-14(2)17(9-13)22-20(23)19-10-15(12-25-19)11-24-18-6-4-3-5-16(18)21/h3-10,12H,11H2,1-2H3,(H,22,23). The van der Waals surface area contributed by atoms with Gasteiger partial charge in [-0.15, -0.1) is 11.3 Å². The molecule has 0 atom stereocenters. The number of nitrogens with one attached hydrogen (secondary N) is 1. The Morgan fingerprint density at radius 3 is 2.76 bits per heavy atom. The number of para-hydroxylation sites is 1. The summed E-state index contributed by atoms with van der Waals surface area (Å²) in [7, 11) is 0. The van der Waals surface area contributed by atoms with Crippen LogP contribution < -0.4 is 10.1 Å². The highest BCUT2D eigenvalue weighted by Gasteiger charge is 2.11. The first kappa shape index (κ1) is 17.5. The zero-order chi connectivity index (χ0) is 17.8. The van der Waals surface area contributed by atoms with Gasteiger partial charge in [0.15, 0.2) is 0 Å². The maximum Gasteiger partial charge on any atom is 0.265 e. The Balaban J connectivity index is 1.65. The number of halogens is 1. The van der Waals surface area contributed by atoms with Crippen LogP contribution in [-0.4, -0.2) is 5.91 Å². The summed E-state index contributed by atoms with van der Waals surface area (Å²) in [5.74, 6) is 0.527. The smallest absolute Gasteiger partial charge is 0.265 e. The first-order valence-corrected chi connectivity index (χ1v) is 9.12. The van der Waals surface area contributed by atoms with Crippen LogP contribution in [0.5, 0.6) is 5.75 Å². The molecule has 5 heteroatoms. The quantitative estimate of drug-likeness (QED) is 0.610. The van der Waals surface area contributed by atoms with Crippen molar-refractivity contribution in [2.45, 2.75) is 20.5 Å². The summed E-state index contributed by atoms with van der Waals surface area (Å²) in [6.45, 7) is 4.35. The van der Waals surface area contributed by atoms with E-state index in [9.17, 15) is 4.79 Å². The summed E-state index contributed by atoms with van der Waals surface area (Å²) in [5, 5.41) is 5.47. The van der Waals surface area contributed by atoms with Gasteiger partial charge in [0.05, 0.1) is 9.90 Å². The number of ether oxygens (including phenoxy) is 1. The Kier molecular flexibility index (Phi) is 5.41. The molecule has 0 aliphatic carbocycles. The number of carbonyl (C=O) groups excluding carboxylic acids is 1. The number of aryl methyl sites for hydroxylation is 2. The zero-order valence-corrected chi connectivity index (χ0v) is 15.6. The number of hydrogen-bond acceptors (Lipinski definition) is 3. The van der Waals surface area contributed by atoms with Crippen LogP contribution in [0.3, 0.4) is 0 Å². The first-order valence-electron chi connectivity index (χ1n) is 7.86. The Labute approximate surface area is 156 Å². The summed E-state index contributed by atoms with van der Waals surface area (Å²) in [6, 6.07) is 15.2. The maximum atomic E-state index is 12.5. The average molecular weight is 372 g/mol. The van der Waals surface area contributed by atoms with Gasteiger partial charge >= 0.3 is 0 Å². The molecule has 0 saturated carbocycles. The molecule has 0 unspecified atom stereocenters. The molecule has 0 bridgehead atoms. The van der Waals surface area contributed by atoms with Crippen LogP contribution in [0.2, 0.25) is 5.02 Å². The fraction of sp³-hybridized carbons (Fsp3) is 0.150. The summed E-state index contributed by atoms with van der Waals surface area (Å²) in [5.41, 5.74) is 3.93. The minimum atomic E-state index is -0.109. The van der Waals surface area contributed by atoms with E-state index in [0.29, 0.717) is 22.3 Å². The maximum absolute atomic E-state index is 12.5. The Bertz CT molecular complexity index is 904. The molecule has 1 amide bonds. The predicted molar refractivity (Wildman–Crippen MR) is 104 cm³/mol. The van der Waals surface area contributed by atoms with E-state index in [1.807, 2.05) is 61.7 Å². The largest absolute Gasteiger partial charge is 0.487 e. The number of thiophene rings is 1. The molecule has 3 aromatic rings. The molecule has 0 spiro atoms. The third-order valence-electron chi connectivity index (χ3n) is 3.75. The van der Waals surface area contributed by atoms with E-state index >= 15 is 0 Å². The van der Waals surface area contributed by atoms with Crippen molar-refractivity contribution in [3.63, 3.8) is 0 Å². The first-order chi connectivity index (χ1) is 12.0. The Morgan fingerprint density at radius 1 is 1.16 bits per heavy atom. The van der Waals surface area contributed by atoms with Gasteiger partial charge in [-0.3, -0.25) is 4.79 Å². The second kappa shape index (κ2) is 7.72. The normalized spacial score (nSPS) is 10.5. The van der Waals surface area contributed by atoms with E-state index in [1.165, 1.54) is 11.3 Å². The lowest BCUT2D eigenvalue weighted by molar-refractivity contribution is 0.103. The lowest BCUT2D eigenvalue weighted by Crippen LogP contribution is -2.11. The van der Waals surface area contributed by atoms with Crippen LogP contribution in [0.1, 0.15) is 26.4 Å². The number of amides is 1. The van der Waals surface area contributed by atoms with E-state index in [4.69, 9.17) is 16.3 Å². The van der Waals surface area contributed by atoms with E-state index < -0.39 is 0 Å². The van der Waals surface area contributed by atoms with Crippen LogP contribution in [0, 0.1) is 13.8 Å². The second-order valence-electron chi connectivity index (χ2n) is 5.81. The van der Waals surface area contributed by atoms with Gasteiger partial charge in [0.25, 0.3) is 5.91 Å². The van der Waals surface area contributed by atoms with Crippen molar-refractivity contribution >= 4 is 34.5 Å². The van der Waals surface area contributed by atoms with Gasteiger partial charge in [-0.05, 0) is 54.6 Å². The molecule has 1 N–H and O–H groups in total. The molecular weight excluding hydrogens is 354 g/mol. The monoisotopic (exact) mass is 371 g/mol. The Morgan fingerprint density at radius 2 is 1.96 bits per heavy atom. The highest BCUT2D eigenvalue weighted by atomic mass is 35.5. The van der Waals surface area contributed by atoms with Gasteiger partial charge in [-0.25, -0.2) is 0 Å². The predicted octanol–water partition coefficient (Wildman–Crippen LogP) is 5.85. The second-order valence-corrected chi connectivity index (χ2v) is 7.13. The lowest BCUT2D eigenvalue weighted by Gasteiger charge is -2.08. The molecule has 128 valence electrons. The van der Waals surface area contributed by atoms with Crippen LogP contribution >= 0.6 is 22.9 Å². The molecule has 1 aromatic heterocycles. The molecular formula is C20H18ClNO2S. The third-order valence-corrected chi connectivity index (χ3v) is 5.04. The van der Waals surface area contributed by atoms with E-state index in [-0.39, 0.29) is 5.91 Å². The minimum Gasteiger partial charge on any atom is -0.487 e. The molecule has 1 heterocycles. The van der Waals surface area contributed by atoms with Crippen molar-refractivity contribution in [2.75, 3.05) is 5.32 Å². The topological polar surface area (TPSA) is 38.3 Å². The van der Waals surface area contributed by atoms with Crippen molar-refractivity contribution in [3.05, 3.63) is 80.5 Å². The van der Waals surface area contributed by atoms with Crippen molar-refractivity contribution < 1.29 is 9.53 Å². The van der Waals surface area contributed by atoms with Crippen LogP contribution in [0.15, 0.2) is 53.9 Å². The molecule has 0 fully saturated rings. The van der Waals surface area contributed by atoms with Crippen molar-refractivity contribution in [3.8, 4) is 5.75 Å². The van der Waals surface area contributed by atoms with Gasteiger partial charge < -0.3 is 10.1 Å². The fourth-order valence-electron chi connectivity index (χ4n) is 2.35. The fourth-order valence-corrected chi connectivity index (χ4v) is 3.33. The number of anilines is 1. The molecule has 0 aliphatic heterocycles. The lowest BCUT2D eigenvalue weighted by atomic mass is 10.1. The number of hydrogen-bond donors (Lipinski definition) is 1. The molecule has 0 aliphatic rings. The van der Waals surface area contributed by atoms with Gasteiger partial charge in [0.2, 0.25) is 0 Å². The highest BCUT2D eigenvalue weighted by molar-refractivity contribution is 7.12. The van der Waals surface area contributed by atoms with Crippen molar-refractivity contribution in [1.82, 2.24) is 0 Å². The van der Waals surface area contributed by atoms with Gasteiger partial charge in [0.1, 0.15) is 12.4 Å². The SMILES string of the molecule is Cc1ccc(C)c(NC(=O)c2cc(COc3ccccc3Cl)cs2)c1. The molecule has 3 rings (SSSR count). The highest BCUT2D eigenvalue weighted by Crippen LogP contribution is 2.25. The Hall–Kier alpha value is -2.30. The molecule has 0 radical (unpaired) electrons. The molecule has 2 aromatic carbocycles. The summed E-state index contributed by atoms with van der Waals surface area (Å²) >= 11 is 7.48. The summed E-state index contributed by atoms with van der Waals surface area (Å²) in [4.78, 5) is 13.1. The van der Waals surface area contributed by atoms with E-state index in [0.717, 1.165) is 22.4 Å². The number of rotatable bonds is 5. The van der Waals surface area contributed by atoms with Crippen LogP contribution in [0.25, 0.3) is 0 Å². The van der Waals surface area contributed by atoms with Crippen LogP contribution in [0.4, 0.5) is 5.69 Å². The number of carbonyl (C=O) groups is 1. The molecule has 3 nitrogen and oxygen atoms in total. The zero-order valence-electron chi connectivity index (χ0n) is 14.0. The van der Waals surface area contributed by atoms with Crippen molar-refractivity contribution in [1.29, 1.82) is 0 Å². The average Bonchev–Trinajstić information content (AvgIpc) is 3.06. The molecule has 25 heavy (non-hydrogen) atoms. The molecule has 0 saturated heterocycles. The number of benzene rings is 2. The van der Waals surface area contributed by atoms with E-state index in [1.54, 1.807) is 6.07 Å². The van der Waals surface area contributed by atoms with Crippen molar-refractivity contribution in [2.24, 2.45) is 0 Å². The van der Waals surface area contributed by atoms with E-state index in [2.05, 4.69) is 5.32 Å². The van der Waals surface area contributed by atoms with Gasteiger partial charge in [-0.2, -0.15) is 0 Å². The van der Waals surface area contributed by atoms with Gasteiger partial charge in [0, 0.05) is 11.3 Å².